The summed E-state index contributed by atoms with van der Waals surface area (Å²) in [6, 6.07) is 18.3. The minimum atomic E-state index is -0.0563. The third-order valence-corrected chi connectivity index (χ3v) is 4.46. The molecule has 1 aromatic heterocycles. The van der Waals surface area contributed by atoms with Crippen molar-refractivity contribution in [1.29, 1.82) is 0 Å². The zero-order valence-electron chi connectivity index (χ0n) is 14.1. The number of para-hydroxylation sites is 1. The number of rotatable bonds is 7. The van der Waals surface area contributed by atoms with Gasteiger partial charge in [0.15, 0.2) is 0 Å². The Morgan fingerprint density at radius 1 is 1.08 bits per heavy atom. The molecule has 24 heavy (non-hydrogen) atoms. The van der Waals surface area contributed by atoms with Gasteiger partial charge in [0.2, 0.25) is 5.91 Å². The Balaban J connectivity index is 1.61. The highest BCUT2D eigenvalue weighted by molar-refractivity contribution is 5.84. The number of H-pyrrole nitrogens is 1. The van der Waals surface area contributed by atoms with Crippen LogP contribution in [-0.4, -0.2) is 17.4 Å². The largest absolute Gasteiger partial charge is 0.361 e. The molecule has 1 atom stereocenters. The van der Waals surface area contributed by atoms with E-state index in [2.05, 4.69) is 29.4 Å². The van der Waals surface area contributed by atoms with Crippen LogP contribution in [0.25, 0.3) is 10.9 Å². The van der Waals surface area contributed by atoms with Crippen LogP contribution in [0.2, 0.25) is 0 Å². The van der Waals surface area contributed by atoms with Crippen molar-refractivity contribution in [2.45, 2.75) is 32.1 Å². The van der Waals surface area contributed by atoms with Gasteiger partial charge in [-0.2, -0.15) is 0 Å². The lowest BCUT2D eigenvalue weighted by Gasteiger charge is -2.16. The maximum Gasteiger partial charge on any atom is 0.227 e. The fraction of sp³-hybridized carbons (Fsp3) is 0.286. The van der Waals surface area contributed by atoms with Crippen LogP contribution >= 0.6 is 0 Å². The van der Waals surface area contributed by atoms with Crippen molar-refractivity contribution in [2.24, 2.45) is 0 Å². The van der Waals surface area contributed by atoms with Gasteiger partial charge in [-0.1, -0.05) is 61.9 Å². The molecule has 3 aromatic rings. The molecule has 0 aliphatic heterocycles. The predicted octanol–water partition coefficient (Wildman–Crippen LogP) is 4.41. The molecule has 3 heteroatoms. The molecule has 1 unspecified atom stereocenters. The van der Waals surface area contributed by atoms with Crippen LogP contribution in [0.15, 0.2) is 60.8 Å². The zero-order valence-corrected chi connectivity index (χ0v) is 14.1. The second-order valence-corrected chi connectivity index (χ2v) is 6.15. The molecule has 1 heterocycles. The third kappa shape index (κ3) is 3.67. The van der Waals surface area contributed by atoms with Crippen molar-refractivity contribution in [3.8, 4) is 0 Å². The number of carbonyl (C=O) groups excluding carboxylic acids is 1. The summed E-state index contributed by atoms with van der Waals surface area (Å²) >= 11 is 0. The topological polar surface area (TPSA) is 44.9 Å². The molecular weight excluding hydrogens is 296 g/mol. The van der Waals surface area contributed by atoms with Crippen LogP contribution in [0.3, 0.4) is 0 Å². The standard InChI is InChI=1S/C21H24N2O/c1-2-8-19(16-9-4-3-5-10-16)21(24)22-14-13-17-15-23-20-12-7-6-11-18(17)20/h3-7,9-12,15,19,23H,2,8,13-14H2,1H3,(H,22,24). The van der Waals surface area contributed by atoms with E-state index in [1.165, 1.54) is 10.9 Å². The number of aromatic amines is 1. The molecule has 0 radical (unpaired) electrons. The molecular formula is C21H24N2O. The van der Waals surface area contributed by atoms with E-state index >= 15 is 0 Å². The maximum absolute atomic E-state index is 12.6. The van der Waals surface area contributed by atoms with Crippen molar-refractivity contribution < 1.29 is 4.79 Å². The lowest BCUT2D eigenvalue weighted by Crippen LogP contribution is -2.31. The Labute approximate surface area is 143 Å². The van der Waals surface area contributed by atoms with E-state index in [-0.39, 0.29) is 11.8 Å². The van der Waals surface area contributed by atoms with Gasteiger partial charge >= 0.3 is 0 Å². The minimum Gasteiger partial charge on any atom is -0.361 e. The summed E-state index contributed by atoms with van der Waals surface area (Å²) in [6.45, 7) is 2.78. The molecule has 3 rings (SSSR count). The zero-order chi connectivity index (χ0) is 16.8. The van der Waals surface area contributed by atoms with E-state index in [0.29, 0.717) is 6.54 Å². The molecule has 3 nitrogen and oxygen atoms in total. The summed E-state index contributed by atoms with van der Waals surface area (Å²) in [5.74, 6) is 0.0714. The highest BCUT2D eigenvalue weighted by Crippen LogP contribution is 2.21. The maximum atomic E-state index is 12.6. The van der Waals surface area contributed by atoms with Gasteiger partial charge in [-0.05, 0) is 30.0 Å². The number of hydrogen-bond donors (Lipinski definition) is 2. The average molecular weight is 320 g/mol. The van der Waals surface area contributed by atoms with Crippen LogP contribution in [0, 0.1) is 0 Å². The third-order valence-electron chi connectivity index (χ3n) is 4.46. The van der Waals surface area contributed by atoms with Crippen molar-refractivity contribution >= 4 is 16.8 Å². The molecule has 0 saturated heterocycles. The molecule has 124 valence electrons. The first kappa shape index (κ1) is 16.3. The van der Waals surface area contributed by atoms with Gasteiger partial charge < -0.3 is 10.3 Å². The number of benzene rings is 2. The van der Waals surface area contributed by atoms with E-state index in [0.717, 1.165) is 30.3 Å². The molecule has 2 aromatic carbocycles. The van der Waals surface area contributed by atoms with Crippen molar-refractivity contribution in [1.82, 2.24) is 10.3 Å². The number of carbonyl (C=O) groups is 1. The summed E-state index contributed by atoms with van der Waals surface area (Å²) in [6.07, 6.45) is 4.75. The van der Waals surface area contributed by atoms with Gasteiger partial charge in [0, 0.05) is 23.6 Å². The molecule has 0 aliphatic rings. The Kier molecular flexibility index (Phi) is 5.32. The molecule has 0 fully saturated rings. The fourth-order valence-electron chi connectivity index (χ4n) is 3.21. The summed E-state index contributed by atoms with van der Waals surface area (Å²) in [5.41, 5.74) is 3.49. The van der Waals surface area contributed by atoms with E-state index in [1.54, 1.807) is 0 Å². The van der Waals surface area contributed by atoms with E-state index in [1.807, 2.05) is 48.7 Å². The van der Waals surface area contributed by atoms with Gasteiger partial charge in [-0.25, -0.2) is 0 Å². The lowest BCUT2D eigenvalue weighted by atomic mass is 9.93. The van der Waals surface area contributed by atoms with Crippen molar-refractivity contribution in [3.63, 3.8) is 0 Å². The van der Waals surface area contributed by atoms with Gasteiger partial charge in [0.05, 0.1) is 5.92 Å². The van der Waals surface area contributed by atoms with Crippen LogP contribution in [-0.2, 0) is 11.2 Å². The molecule has 2 N–H and O–H groups in total. The molecule has 0 aliphatic carbocycles. The van der Waals surface area contributed by atoms with E-state index in [9.17, 15) is 4.79 Å². The van der Waals surface area contributed by atoms with Crippen molar-refractivity contribution in [3.05, 3.63) is 71.9 Å². The number of amides is 1. The SMILES string of the molecule is CCCC(C(=O)NCCc1c[nH]c2ccccc12)c1ccccc1. The predicted molar refractivity (Wildman–Crippen MR) is 99.1 cm³/mol. The Hall–Kier alpha value is -2.55. The molecule has 0 spiro atoms. The summed E-state index contributed by atoms with van der Waals surface area (Å²) in [7, 11) is 0. The highest BCUT2D eigenvalue weighted by Gasteiger charge is 2.19. The van der Waals surface area contributed by atoms with Crippen LogP contribution in [0.1, 0.15) is 36.8 Å². The number of fused-ring (bicyclic) bond motifs is 1. The van der Waals surface area contributed by atoms with Crippen LogP contribution in [0.5, 0.6) is 0 Å². The number of hydrogen-bond acceptors (Lipinski definition) is 1. The smallest absolute Gasteiger partial charge is 0.227 e. The summed E-state index contributed by atoms with van der Waals surface area (Å²) in [5, 5.41) is 4.35. The van der Waals surface area contributed by atoms with Crippen molar-refractivity contribution in [2.75, 3.05) is 6.54 Å². The molecule has 0 bridgehead atoms. The van der Waals surface area contributed by atoms with Gasteiger partial charge in [-0.3, -0.25) is 4.79 Å². The normalized spacial score (nSPS) is 12.2. The number of aromatic nitrogens is 1. The van der Waals surface area contributed by atoms with Gasteiger partial charge in [0.1, 0.15) is 0 Å². The first-order valence-electron chi connectivity index (χ1n) is 8.67. The quantitative estimate of drug-likeness (QED) is 0.665. The highest BCUT2D eigenvalue weighted by atomic mass is 16.1. The molecule has 1 amide bonds. The second kappa shape index (κ2) is 7.82. The fourth-order valence-corrected chi connectivity index (χ4v) is 3.21. The molecule has 0 saturated carbocycles. The first-order valence-corrected chi connectivity index (χ1v) is 8.67. The monoisotopic (exact) mass is 320 g/mol. The Morgan fingerprint density at radius 3 is 2.62 bits per heavy atom. The lowest BCUT2D eigenvalue weighted by molar-refractivity contribution is -0.122. The van der Waals surface area contributed by atoms with Crippen LogP contribution in [0.4, 0.5) is 0 Å². The van der Waals surface area contributed by atoms with Crippen LogP contribution < -0.4 is 5.32 Å². The van der Waals surface area contributed by atoms with E-state index in [4.69, 9.17) is 0 Å². The van der Waals surface area contributed by atoms with Gasteiger partial charge in [-0.15, -0.1) is 0 Å². The number of nitrogens with one attached hydrogen (secondary N) is 2. The first-order chi connectivity index (χ1) is 11.8. The second-order valence-electron chi connectivity index (χ2n) is 6.15. The Morgan fingerprint density at radius 2 is 1.83 bits per heavy atom. The average Bonchev–Trinajstić information content (AvgIpc) is 3.03. The van der Waals surface area contributed by atoms with E-state index < -0.39 is 0 Å². The summed E-state index contributed by atoms with van der Waals surface area (Å²) in [4.78, 5) is 15.9. The Bertz CT molecular complexity index is 792. The summed E-state index contributed by atoms with van der Waals surface area (Å²) < 4.78 is 0. The van der Waals surface area contributed by atoms with Gasteiger partial charge in [0.25, 0.3) is 0 Å². The minimum absolute atomic E-state index is 0.0563.